The summed E-state index contributed by atoms with van der Waals surface area (Å²) >= 11 is 6.90. The predicted octanol–water partition coefficient (Wildman–Crippen LogP) is 2.91. The van der Waals surface area contributed by atoms with Crippen LogP contribution in [0.5, 0.6) is 0 Å². The molecule has 0 bridgehead atoms. The van der Waals surface area contributed by atoms with Gasteiger partial charge in [-0.2, -0.15) is 0 Å². The van der Waals surface area contributed by atoms with Crippen molar-refractivity contribution in [2.24, 2.45) is 0 Å². The van der Waals surface area contributed by atoms with Crippen molar-refractivity contribution in [3.63, 3.8) is 0 Å². The van der Waals surface area contributed by atoms with Gasteiger partial charge in [0, 0.05) is 0 Å². The molecular formula is C5H7BBr2. The maximum absolute atomic E-state index is 3.45. The number of allylic oxidation sites excluding steroid dienone is 2. The highest BCUT2D eigenvalue weighted by atomic mass is 79.9. The fourth-order valence-electron chi connectivity index (χ4n) is 0.894. The zero-order valence-corrected chi connectivity index (χ0v) is 7.70. The van der Waals surface area contributed by atoms with Crippen LogP contribution in [0, 0.1) is 0 Å². The third-order valence-electron chi connectivity index (χ3n) is 1.36. The Labute approximate surface area is 66.7 Å². The molecule has 3 heteroatoms. The molecule has 1 aliphatic carbocycles. The van der Waals surface area contributed by atoms with E-state index in [1.807, 2.05) is 0 Å². The normalized spacial score (nSPS) is 18.5. The second-order valence-electron chi connectivity index (χ2n) is 1.97. The maximum atomic E-state index is 3.45. The van der Waals surface area contributed by atoms with Gasteiger partial charge in [0.15, 0.2) is 0 Å². The Kier molecular flexibility index (Phi) is 2.64. The van der Waals surface area contributed by atoms with Gasteiger partial charge >= 0.3 is 4.36 Å². The Bertz CT molecular complexity index is 109. The first-order chi connectivity index (χ1) is 3.80. The van der Waals surface area contributed by atoms with Gasteiger partial charge < -0.3 is 0 Å². The Morgan fingerprint density at radius 2 is 2.25 bits per heavy atom. The minimum absolute atomic E-state index is 0.428. The highest BCUT2D eigenvalue weighted by Crippen LogP contribution is 2.25. The summed E-state index contributed by atoms with van der Waals surface area (Å²) in [4.78, 5) is 0. The molecule has 0 radical (unpaired) electrons. The lowest BCUT2D eigenvalue weighted by Gasteiger charge is -1.94. The van der Waals surface area contributed by atoms with Gasteiger partial charge in [0.05, 0.1) is 0 Å². The zero-order chi connectivity index (χ0) is 5.98. The quantitative estimate of drug-likeness (QED) is 0.616. The van der Waals surface area contributed by atoms with E-state index in [1.54, 1.807) is 0 Å². The van der Waals surface area contributed by atoms with E-state index in [-0.39, 0.29) is 0 Å². The molecule has 44 valence electrons. The SMILES string of the molecule is BrB(Br)C1=CCCC1. The largest absolute Gasteiger partial charge is 0.325 e. The molecule has 0 unspecified atom stereocenters. The summed E-state index contributed by atoms with van der Waals surface area (Å²) in [7, 11) is 0. The van der Waals surface area contributed by atoms with Gasteiger partial charge in [0.1, 0.15) is 0 Å². The first kappa shape index (κ1) is 6.88. The van der Waals surface area contributed by atoms with Gasteiger partial charge in [-0.3, -0.25) is 0 Å². The molecule has 0 N–H and O–H groups in total. The van der Waals surface area contributed by atoms with Crippen LogP contribution >= 0.6 is 31.5 Å². The predicted molar refractivity (Wildman–Crippen MR) is 45.5 cm³/mol. The summed E-state index contributed by atoms with van der Waals surface area (Å²) in [5.74, 6) is 0. The second-order valence-corrected chi connectivity index (χ2v) is 5.03. The Hall–Kier alpha value is 0.765. The fraction of sp³-hybridized carbons (Fsp3) is 0.600. The Balaban J connectivity index is 2.45. The minimum atomic E-state index is 0.428. The van der Waals surface area contributed by atoms with Crippen molar-refractivity contribution in [2.45, 2.75) is 19.3 Å². The van der Waals surface area contributed by atoms with Crippen molar-refractivity contribution in [3.8, 4) is 0 Å². The number of halogens is 2. The van der Waals surface area contributed by atoms with Gasteiger partial charge in [-0.25, -0.2) is 0 Å². The first-order valence-corrected chi connectivity index (χ1v) is 4.61. The average molecular weight is 238 g/mol. The van der Waals surface area contributed by atoms with Gasteiger partial charge in [-0.15, -0.1) is 31.5 Å². The van der Waals surface area contributed by atoms with Crippen LogP contribution in [0.2, 0.25) is 0 Å². The van der Waals surface area contributed by atoms with Crippen LogP contribution in [-0.4, -0.2) is 4.36 Å². The van der Waals surface area contributed by atoms with Crippen molar-refractivity contribution in [3.05, 3.63) is 11.5 Å². The lowest BCUT2D eigenvalue weighted by Crippen LogP contribution is -1.93. The lowest BCUT2D eigenvalue weighted by atomic mass is 9.95. The van der Waals surface area contributed by atoms with Gasteiger partial charge in [0.2, 0.25) is 0 Å². The summed E-state index contributed by atoms with van der Waals surface area (Å²) in [6.45, 7) is 0. The highest BCUT2D eigenvalue weighted by Gasteiger charge is 2.13. The molecule has 1 aliphatic rings. The average Bonchev–Trinajstić information content (AvgIpc) is 2.12. The van der Waals surface area contributed by atoms with E-state index >= 15 is 0 Å². The van der Waals surface area contributed by atoms with Gasteiger partial charge in [0.25, 0.3) is 0 Å². The van der Waals surface area contributed by atoms with Crippen LogP contribution in [-0.2, 0) is 0 Å². The smallest absolute Gasteiger partial charge is 0.133 e. The Morgan fingerprint density at radius 1 is 1.50 bits per heavy atom. The Morgan fingerprint density at radius 3 is 2.50 bits per heavy atom. The van der Waals surface area contributed by atoms with Crippen LogP contribution in [0.25, 0.3) is 0 Å². The molecule has 0 nitrogen and oxygen atoms in total. The van der Waals surface area contributed by atoms with Crippen LogP contribution in [0.3, 0.4) is 0 Å². The fourth-order valence-corrected chi connectivity index (χ4v) is 1.73. The van der Waals surface area contributed by atoms with Crippen molar-refractivity contribution < 1.29 is 0 Å². The van der Waals surface area contributed by atoms with Crippen molar-refractivity contribution in [1.82, 2.24) is 0 Å². The van der Waals surface area contributed by atoms with Crippen molar-refractivity contribution in [1.29, 1.82) is 0 Å². The lowest BCUT2D eigenvalue weighted by molar-refractivity contribution is 0.923. The molecule has 0 aliphatic heterocycles. The van der Waals surface area contributed by atoms with E-state index < -0.39 is 0 Å². The molecule has 0 spiro atoms. The van der Waals surface area contributed by atoms with E-state index in [0.717, 1.165) is 0 Å². The molecule has 0 heterocycles. The van der Waals surface area contributed by atoms with E-state index in [9.17, 15) is 0 Å². The first-order valence-electron chi connectivity index (χ1n) is 2.78. The third-order valence-corrected chi connectivity index (χ3v) is 2.53. The van der Waals surface area contributed by atoms with Crippen LogP contribution in [0.1, 0.15) is 19.3 Å². The maximum Gasteiger partial charge on any atom is 0.325 e. The van der Waals surface area contributed by atoms with Crippen molar-refractivity contribution >= 4 is 35.9 Å². The van der Waals surface area contributed by atoms with E-state index in [2.05, 4.69) is 37.6 Å². The highest BCUT2D eigenvalue weighted by molar-refractivity contribution is 9.49. The van der Waals surface area contributed by atoms with Crippen molar-refractivity contribution in [2.75, 3.05) is 0 Å². The third kappa shape index (κ3) is 1.62. The zero-order valence-electron chi connectivity index (χ0n) is 4.53. The van der Waals surface area contributed by atoms with Crippen LogP contribution in [0.4, 0.5) is 0 Å². The molecule has 8 heavy (non-hydrogen) atoms. The number of rotatable bonds is 1. The molecule has 0 aromatic carbocycles. The van der Waals surface area contributed by atoms with Gasteiger partial charge in [-0.1, -0.05) is 11.5 Å². The number of hydrogen-bond acceptors (Lipinski definition) is 0. The summed E-state index contributed by atoms with van der Waals surface area (Å²) in [5, 5.41) is 0. The molecule has 0 amide bonds. The number of hydrogen-bond donors (Lipinski definition) is 0. The molecular weight excluding hydrogens is 231 g/mol. The van der Waals surface area contributed by atoms with Crippen LogP contribution < -0.4 is 0 Å². The summed E-state index contributed by atoms with van der Waals surface area (Å²) in [6, 6.07) is 0. The molecule has 1 rings (SSSR count). The van der Waals surface area contributed by atoms with E-state index in [0.29, 0.717) is 4.36 Å². The molecule has 0 fully saturated rings. The second kappa shape index (κ2) is 3.07. The summed E-state index contributed by atoms with van der Waals surface area (Å²) in [6.07, 6.45) is 6.17. The molecule has 0 saturated heterocycles. The van der Waals surface area contributed by atoms with Crippen LogP contribution in [0.15, 0.2) is 11.5 Å². The van der Waals surface area contributed by atoms with E-state index in [1.165, 1.54) is 24.7 Å². The summed E-state index contributed by atoms with van der Waals surface area (Å²) < 4.78 is 0.428. The molecule has 0 saturated carbocycles. The summed E-state index contributed by atoms with van der Waals surface area (Å²) in [5.41, 5.74) is 1.50. The molecule has 0 atom stereocenters. The van der Waals surface area contributed by atoms with E-state index in [4.69, 9.17) is 0 Å². The van der Waals surface area contributed by atoms with Gasteiger partial charge in [-0.05, 0) is 19.3 Å². The monoisotopic (exact) mass is 236 g/mol. The minimum Gasteiger partial charge on any atom is -0.133 e. The molecule has 0 aromatic rings. The standard InChI is InChI=1S/C5H7BBr2/c7-6(8)5-3-1-2-4-5/h3H,1-2,4H2. The molecule has 0 aromatic heterocycles. The topological polar surface area (TPSA) is 0 Å².